The van der Waals surface area contributed by atoms with Crippen molar-refractivity contribution in [3.8, 4) is 0 Å². The van der Waals surface area contributed by atoms with Crippen molar-refractivity contribution in [1.82, 2.24) is 10.6 Å². The van der Waals surface area contributed by atoms with Gasteiger partial charge in [-0.15, -0.1) is 0 Å². The van der Waals surface area contributed by atoms with Crippen molar-refractivity contribution in [2.45, 2.75) is 12.5 Å². The van der Waals surface area contributed by atoms with Gasteiger partial charge in [0.15, 0.2) is 0 Å². The first-order valence-corrected chi connectivity index (χ1v) is 12.0. The zero-order valence-electron chi connectivity index (χ0n) is 7.39. The predicted octanol–water partition coefficient (Wildman–Crippen LogP) is 1.69. The number of nitrogens with one attached hydrogen (secondary N) is 2. The Hall–Kier alpha value is 1.70. The Morgan fingerprint density at radius 2 is 1.79 bits per heavy atom. The molecular formula is C6H14Cl4N2OPd. The molecule has 8 heteroatoms. The summed E-state index contributed by atoms with van der Waals surface area (Å²) in [6, 6.07) is 0.490. The number of hydrogen-bond donors (Lipinski definition) is 3. The van der Waals surface area contributed by atoms with Gasteiger partial charge in [-0.2, -0.15) is 0 Å². The van der Waals surface area contributed by atoms with Gasteiger partial charge < -0.3 is 15.7 Å². The fourth-order valence-corrected chi connectivity index (χ4v) is 1.07. The zero-order chi connectivity index (χ0) is 11.0. The molecule has 0 aromatic rings. The minimum atomic E-state index is -2.81. The van der Waals surface area contributed by atoms with Gasteiger partial charge in [0.2, 0.25) is 0 Å². The summed E-state index contributed by atoms with van der Waals surface area (Å²) < 4.78 is 0. The van der Waals surface area contributed by atoms with Crippen molar-refractivity contribution >= 4 is 38.1 Å². The minimum absolute atomic E-state index is 0.291. The number of aliphatic hydroxyl groups is 1. The van der Waals surface area contributed by atoms with Crippen LogP contribution in [0.5, 0.6) is 0 Å². The molecule has 0 saturated carbocycles. The van der Waals surface area contributed by atoms with Crippen LogP contribution < -0.4 is 10.6 Å². The van der Waals surface area contributed by atoms with Crippen LogP contribution in [0.15, 0.2) is 0 Å². The van der Waals surface area contributed by atoms with Crippen LogP contribution in [-0.2, 0) is 11.5 Å². The molecule has 1 unspecified atom stereocenters. The van der Waals surface area contributed by atoms with Gasteiger partial charge in [0.25, 0.3) is 0 Å². The van der Waals surface area contributed by atoms with Crippen LogP contribution in [-0.4, -0.2) is 37.4 Å². The second-order valence-corrected chi connectivity index (χ2v) is 16.8. The second-order valence-electron chi connectivity index (χ2n) is 2.64. The molecule has 0 bridgehead atoms. The molecule has 0 radical (unpaired) electrons. The van der Waals surface area contributed by atoms with Crippen LogP contribution in [0, 0.1) is 0 Å². The molecule has 3 N–H and O–H groups in total. The molecule has 1 aliphatic rings. The van der Waals surface area contributed by atoms with E-state index >= 15 is 0 Å². The molecule has 0 aromatic carbocycles. The summed E-state index contributed by atoms with van der Waals surface area (Å²) in [6.45, 7) is 3.38. The molecule has 0 aliphatic carbocycles. The van der Waals surface area contributed by atoms with Crippen molar-refractivity contribution in [2.24, 2.45) is 0 Å². The van der Waals surface area contributed by atoms with Crippen molar-refractivity contribution in [3.63, 3.8) is 0 Å². The molecule has 1 atom stereocenters. The Kier molecular flexibility index (Phi) is 9.88. The van der Waals surface area contributed by atoms with Crippen LogP contribution >= 0.6 is 38.1 Å². The van der Waals surface area contributed by atoms with E-state index in [0.717, 1.165) is 26.1 Å². The number of piperazine rings is 1. The van der Waals surface area contributed by atoms with Gasteiger partial charge in [0.05, 0.1) is 0 Å². The maximum atomic E-state index is 8.55. The van der Waals surface area contributed by atoms with Gasteiger partial charge >= 0.3 is 49.6 Å². The third kappa shape index (κ3) is 13.7. The Morgan fingerprint density at radius 1 is 1.21 bits per heavy atom. The van der Waals surface area contributed by atoms with Gasteiger partial charge in [-0.1, -0.05) is 0 Å². The Bertz CT molecular complexity index is 132. The van der Waals surface area contributed by atoms with E-state index in [2.05, 4.69) is 10.6 Å². The van der Waals surface area contributed by atoms with Gasteiger partial charge in [0.1, 0.15) is 0 Å². The summed E-state index contributed by atoms with van der Waals surface area (Å²) in [6.07, 6.45) is 0.868. The first-order valence-electron chi connectivity index (χ1n) is 3.96. The third-order valence-corrected chi connectivity index (χ3v) is 1.60. The van der Waals surface area contributed by atoms with Gasteiger partial charge in [-0.05, 0) is 6.42 Å². The standard InChI is InChI=1S/C6H14N2O.4ClH.Pd/c9-4-1-6-5-7-2-3-8-6;;;;;/h6-9H,1-5H2;4*1H;/q;;;;;+4/p-4. The molecule has 0 amide bonds. The Labute approximate surface area is 103 Å². The summed E-state index contributed by atoms with van der Waals surface area (Å²) in [7, 11) is 19.9. The molecule has 3 nitrogen and oxygen atoms in total. The predicted molar refractivity (Wildman–Crippen MR) is 59.8 cm³/mol. The van der Waals surface area contributed by atoms with Crippen molar-refractivity contribution < 1.29 is 16.6 Å². The Balaban J connectivity index is 0.000000292. The number of aliphatic hydroxyl groups excluding tert-OH is 1. The topological polar surface area (TPSA) is 44.3 Å². The van der Waals surface area contributed by atoms with E-state index in [9.17, 15) is 0 Å². The normalized spacial score (nSPS) is 23.6. The van der Waals surface area contributed by atoms with E-state index in [1.54, 1.807) is 0 Å². The van der Waals surface area contributed by atoms with Crippen LogP contribution in [0.4, 0.5) is 0 Å². The summed E-state index contributed by atoms with van der Waals surface area (Å²) in [5, 5.41) is 15.1. The Morgan fingerprint density at radius 3 is 2.14 bits per heavy atom. The van der Waals surface area contributed by atoms with Crippen molar-refractivity contribution in [1.29, 1.82) is 0 Å². The van der Waals surface area contributed by atoms with Crippen LogP contribution in [0.25, 0.3) is 0 Å². The number of hydrogen-bond acceptors (Lipinski definition) is 3. The molecule has 92 valence electrons. The van der Waals surface area contributed by atoms with E-state index in [1.807, 2.05) is 0 Å². The quantitative estimate of drug-likeness (QED) is 0.641. The summed E-state index contributed by atoms with van der Waals surface area (Å²) >= 11 is -2.81. The van der Waals surface area contributed by atoms with E-state index < -0.39 is 11.5 Å². The van der Waals surface area contributed by atoms with E-state index in [0.29, 0.717) is 12.6 Å². The molecule has 1 saturated heterocycles. The van der Waals surface area contributed by atoms with E-state index in [-0.39, 0.29) is 0 Å². The molecule has 1 heterocycles. The summed E-state index contributed by atoms with van der Waals surface area (Å²) in [5.41, 5.74) is 0. The number of halogens is 4. The van der Waals surface area contributed by atoms with Crippen molar-refractivity contribution in [3.05, 3.63) is 0 Å². The summed E-state index contributed by atoms with van der Waals surface area (Å²) in [4.78, 5) is 0. The molecule has 0 aromatic heterocycles. The average molecular weight is 378 g/mol. The second kappa shape index (κ2) is 8.81. The molecule has 0 spiro atoms. The molecular weight excluding hydrogens is 364 g/mol. The fraction of sp³-hybridized carbons (Fsp3) is 1.00. The first kappa shape index (κ1) is 15.7. The van der Waals surface area contributed by atoms with Crippen LogP contribution in [0.2, 0.25) is 0 Å². The molecule has 1 fully saturated rings. The van der Waals surface area contributed by atoms with Gasteiger partial charge in [-0.3, -0.25) is 0 Å². The maximum absolute atomic E-state index is 8.55. The van der Waals surface area contributed by atoms with Gasteiger partial charge in [0, 0.05) is 32.3 Å². The SMILES string of the molecule is OCCC1CNCCN1.[Cl][Pd]([Cl])([Cl])[Cl]. The summed E-state index contributed by atoms with van der Waals surface area (Å²) in [5.74, 6) is 0. The average Bonchev–Trinajstić information content (AvgIpc) is 2.03. The third-order valence-electron chi connectivity index (χ3n) is 1.60. The molecule has 14 heavy (non-hydrogen) atoms. The molecule has 1 aliphatic heterocycles. The van der Waals surface area contributed by atoms with Crippen molar-refractivity contribution in [2.75, 3.05) is 26.2 Å². The number of rotatable bonds is 2. The van der Waals surface area contributed by atoms with E-state index in [1.165, 1.54) is 0 Å². The van der Waals surface area contributed by atoms with Crippen LogP contribution in [0.3, 0.4) is 0 Å². The van der Waals surface area contributed by atoms with Crippen LogP contribution in [0.1, 0.15) is 6.42 Å². The van der Waals surface area contributed by atoms with E-state index in [4.69, 9.17) is 43.2 Å². The zero-order valence-corrected chi connectivity index (χ0v) is 12.0. The monoisotopic (exact) mass is 376 g/mol. The van der Waals surface area contributed by atoms with Gasteiger partial charge in [-0.25, -0.2) is 0 Å². The first-order chi connectivity index (χ1) is 6.43. The fourth-order valence-electron chi connectivity index (χ4n) is 1.07. The molecule has 1 rings (SSSR count).